The molecule has 31 heavy (non-hydrogen) atoms. The minimum atomic E-state index is -0.386. The minimum absolute atomic E-state index is 0.0698. The van der Waals surface area contributed by atoms with Gasteiger partial charge in [0.1, 0.15) is 5.69 Å². The van der Waals surface area contributed by atoms with Gasteiger partial charge >= 0.3 is 0 Å². The Bertz CT molecular complexity index is 1090. The van der Waals surface area contributed by atoms with Gasteiger partial charge in [-0.2, -0.15) is 5.10 Å². The predicted molar refractivity (Wildman–Crippen MR) is 118 cm³/mol. The van der Waals surface area contributed by atoms with Crippen molar-refractivity contribution in [1.82, 2.24) is 15.1 Å². The van der Waals surface area contributed by atoms with Crippen molar-refractivity contribution < 1.29 is 19.4 Å². The SMILES string of the molecule is COc1cc(C2c3c(-c4ccc(C)cc4)n[nH]c3C(=O)N2CC(C)C)cc(OC)c1O. The third-order valence-electron chi connectivity index (χ3n) is 5.57. The number of methoxy groups -OCH3 is 2. The Morgan fingerprint density at radius 2 is 1.74 bits per heavy atom. The van der Waals surface area contributed by atoms with Crippen molar-refractivity contribution in [3.05, 3.63) is 58.8 Å². The second kappa shape index (κ2) is 7.98. The molecule has 7 nitrogen and oxygen atoms in total. The van der Waals surface area contributed by atoms with Crippen molar-refractivity contribution in [1.29, 1.82) is 0 Å². The number of carbonyl (C=O) groups excluding carboxylic acids is 1. The number of phenolic OH excluding ortho intramolecular Hbond substituents is 1. The molecule has 3 aromatic rings. The number of nitrogens with one attached hydrogen (secondary N) is 1. The van der Waals surface area contributed by atoms with Crippen LogP contribution in [-0.4, -0.2) is 46.9 Å². The van der Waals surface area contributed by atoms with Gasteiger partial charge in [-0.25, -0.2) is 0 Å². The van der Waals surface area contributed by atoms with Crippen LogP contribution in [0.15, 0.2) is 36.4 Å². The molecule has 1 amide bonds. The fraction of sp³-hybridized carbons (Fsp3) is 0.333. The van der Waals surface area contributed by atoms with Crippen molar-refractivity contribution in [2.45, 2.75) is 26.8 Å². The van der Waals surface area contributed by atoms with Gasteiger partial charge in [0.05, 0.1) is 26.0 Å². The lowest BCUT2D eigenvalue weighted by atomic mass is 9.95. The zero-order chi connectivity index (χ0) is 22.3. The van der Waals surface area contributed by atoms with E-state index in [0.29, 0.717) is 23.7 Å². The largest absolute Gasteiger partial charge is 0.502 e. The molecule has 0 aliphatic carbocycles. The summed E-state index contributed by atoms with van der Waals surface area (Å²) in [5.41, 5.74) is 4.93. The highest BCUT2D eigenvalue weighted by atomic mass is 16.5. The van der Waals surface area contributed by atoms with Crippen molar-refractivity contribution in [2.24, 2.45) is 5.92 Å². The molecule has 162 valence electrons. The number of aromatic nitrogens is 2. The Morgan fingerprint density at radius 1 is 1.13 bits per heavy atom. The highest BCUT2D eigenvalue weighted by molar-refractivity contribution is 6.00. The maximum atomic E-state index is 13.3. The fourth-order valence-electron chi connectivity index (χ4n) is 4.13. The second-order valence-corrected chi connectivity index (χ2v) is 8.25. The standard InChI is InChI=1S/C24H27N3O4/c1-13(2)12-27-22(16-10-17(30-4)23(28)18(11-16)31-5)19-20(25-26-21(19)24(27)29)15-8-6-14(3)7-9-15/h6-11,13,22,28H,12H2,1-5H3,(H,25,26). The van der Waals surface area contributed by atoms with E-state index in [-0.39, 0.29) is 23.6 Å². The van der Waals surface area contributed by atoms with Crippen molar-refractivity contribution in [2.75, 3.05) is 20.8 Å². The smallest absolute Gasteiger partial charge is 0.273 e. The maximum Gasteiger partial charge on any atom is 0.273 e. The Morgan fingerprint density at radius 3 is 2.29 bits per heavy atom. The van der Waals surface area contributed by atoms with Crippen LogP contribution >= 0.6 is 0 Å². The molecule has 0 radical (unpaired) electrons. The number of aromatic amines is 1. The van der Waals surface area contributed by atoms with Crippen LogP contribution in [0.25, 0.3) is 11.3 Å². The van der Waals surface area contributed by atoms with Gasteiger partial charge < -0.3 is 19.5 Å². The second-order valence-electron chi connectivity index (χ2n) is 8.25. The molecule has 0 saturated heterocycles. The van der Waals surface area contributed by atoms with E-state index in [1.807, 2.05) is 36.1 Å². The molecule has 7 heteroatoms. The van der Waals surface area contributed by atoms with Crippen LogP contribution in [0.4, 0.5) is 0 Å². The number of carbonyl (C=O) groups is 1. The summed E-state index contributed by atoms with van der Waals surface area (Å²) < 4.78 is 10.7. The Labute approximate surface area is 181 Å². The van der Waals surface area contributed by atoms with Crippen LogP contribution in [-0.2, 0) is 0 Å². The number of hydrogen-bond acceptors (Lipinski definition) is 5. The molecule has 0 saturated carbocycles. The molecule has 1 aromatic heterocycles. The van der Waals surface area contributed by atoms with Gasteiger partial charge in [-0.05, 0) is 30.5 Å². The average Bonchev–Trinajstić information content (AvgIpc) is 3.28. The fourth-order valence-corrected chi connectivity index (χ4v) is 4.13. The number of amides is 1. The van der Waals surface area contributed by atoms with E-state index in [1.54, 1.807) is 12.1 Å². The van der Waals surface area contributed by atoms with Gasteiger partial charge in [-0.15, -0.1) is 0 Å². The first kappa shape index (κ1) is 20.8. The van der Waals surface area contributed by atoms with E-state index in [4.69, 9.17) is 9.47 Å². The van der Waals surface area contributed by atoms with E-state index in [1.165, 1.54) is 14.2 Å². The summed E-state index contributed by atoms with van der Waals surface area (Å²) >= 11 is 0. The van der Waals surface area contributed by atoms with Crippen LogP contribution in [0.3, 0.4) is 0 Å². The Kier molecular flexibility index (Phi) is 5.35. The zero-order valence-corrected chi connectivity index (χ0v) is 18.4. The van der Waals surface area contributed by atoms with Crippen LogP contribution < -0.4 is 9.47 Å². The lowest BCUT2D eigenvalue weighted by Gasteiger charge is -2.28. The highest BCUT2D eigenvalue weighted by Gasteiger charge is 2.42. The quantitative estimate of drug-likeness (QED) is 0.619. The van der Waals surface area contributed by atoms with E-state index in [0.717, 1.165) is 27.9 Å². The lowest BCUT2D eigenvalue weighted by molar-refractivity contribution is 0.0722. The highest BCUT2D eigenvalue weighted by Crippen LogP contribution is 2.47. The number of aromatic hydroxyl groups is 1. The van der Waals surface area contributed by atoms with Crippen LogP contribution in [0.2, 0.25) is 0 Å². The van der Waals surface area contributed by atoms with Crippen LogP contribution in [0, 0.1) is 12.8 Å². The lowest BCUT2D eigenvalue weighted by Crippen LogP contribution is -2.32. The first-order valence-corrected chi connectivity index (χ1v) is 10.3. The molecule has 2 N–H and O–H groups in total. The van der Waals surface area contributed by atoms with E-state index in [9.17, 15) is 9.90 Å². The number of fused-ring (bicyclic) bond motifs is 1. The summed E-state index contributed by atoms with van der Waals surface area (Å²) in [6, 6.07) is 11.2. The summed E-state index contributed by atoms with van der Waals surface area (Å²) in [4.78, 5) is 15.2. The average molecular weight is 421 g/mol. The zero-order valence-electron chi connectivity index (χ0n) is 18.4. The molecule has 1 unspecified atom stereocenters. The van der Waals surface area contributed by atoms with Crippen molar-refractivity contribution in [3.8, 4) is 28.5 Å². The summed E-state index contributed by atoms with van der Waals surface area (Å²) in [6.45, 7) is 6.76. The third-order valence-corrected chi connectivity index (χ3v) is 5.57. The van der Waals surface area contributed by atoms with Crippen LogP contribution in [0.5, 0.6) is 17.2 Å². The predicted octanol–water partition coefficient (Wildman–Crippen LogP) is 4.31. The normalized spacial score (nSPS) is 15.5. The van der Waals surface area contributed by atoms with Gasteiger partial charge in [-0.3, -0.25) is 9.89 Å². The number of phenols is 1. The number of hydrogen-bond donors (Lipinski definition) is 2. The summed E-state index contributed by atoms with van der Waals surface area (Å²) in [6.07, 6.45) is 0. The first-order chi connectivity index (χ1) is 14.8. The number of ether oxygens (including phenoxy) is 2. The minimum Gasteiger partial charge on any atom is -0.502 e. The molecule has 2 aromatic carbocycles. The number of aryl methyl sites for hydroxylation is 1. The third kappa shape index (κ3) is 3.50. The maximum absolute atomic E-state index is 13.3. The van der Waals surface area contributed by atoms with Crippen LogP contribution in [0.1, 0.15) is 47.1 Å². The van der Waals surface area contributed by atoms with Gasteiger partial charge in [0, 0.05) is 17.7 Å². The van der Waals surface area contributed by atoms with Gasteiger partial charge in [0.2, 0.25) is 5.75 Å². The molecular weight excluding hydrogens is 394 g/mol. The van der Waals surface area contributed by atoms with E-state index in [2.05, 4.69) is 24.0 Å². The Balaban J connectivity index is 1.93. The molecular formula is C24H27N3O4. The summed E-state index contributed by atoms with van der Waals surface area (Å²) in [5, 5.41) is 17.8. The number of rotatable bonds is 6. The number of benzene rings is 2. The van der Waals surface area contributed by atoms with Crippen molar-refractivity contribution >= 4 is 5.91 Å². The molecule has 2 heterocycles. The molecule has 1 aliphatic rings. The molecule has 4 rings (SSSR count). The molecule has 0 bridgehead atoms. The van der Waals surface area contributed by atoms with Gasteiger partial charge in [-0.1, -0.05) is 43.7 Å². The number of H-pyrrole nitrogens is 1. The van der Waals surface area contributed by atoms with Gasteiger partial charge in [0.25, 0.3) is 5.91 Å². The molecule has 1 aliphatic heterocycles. The monoisotopic (exact) mass is 421 g/mol. The van der Waals surface area contributed by atoms with Gasteiger partial charge in [0.15, 0.2) is 11.5 Å². The summed E-state index contributed by atoms with van der Waals surface area (Å²) in [5.74, 6) is 0.692. The summed E-state index contributed by atoms with van der Waals surface area (Å²) in [7, 11) is 2.98. The topological polar surface area (TPSA) is 87.7 Å². The van der Waals surface area contributed by atoms with E-state index >= 15 is 0 Å². The Hall–Kier alpha value is -3.48. The molecule has 1 atom stereocenters. The molecule has 0 fully saturated rings. The van der Waals surface area contributed by atoms with Crippen molar-refractivity contribution in [3.63, 3.8) is 0 Å². The molecule has 0 spiro atoms. The van der Waals surface area contributed by atoms with E-state index < -0.39 is 0 Å². The first-order valence-electron chi connectivity index (χ1n) is 10.3. The number of nitrogens with zero attached hydrogens (tertiary/aromatic N) is 2.